The minimum atomic E-state index is 0.277. The molecule has 134 valence electrons. The van der Waals surface area contributed by atoms with Crippen LogP contribution in [0.25, 0.3) is 0 Å². The molecule has 0 radical (unpaired) electrons. The lowest BCUT2D eigenvalue weighted by Gasteiger charge is -2.33. The third-order valence-corrected chi connectivity index (χ3v) is 5.77. The van der Waals surface area contributed by atoms with Crippen molar-refractivity contribution in [2.45, 2.75) is 64.2 Å². The van der Waals surface area contributed by atoms with Gasteiger partial charge in [-0.3, -0.25) is 0 Å². The molecule has 1 aliphatic heterocycles. The quantitative estimate of drug-likeness (QED) is 0.842. The van der Waals surface area contributed by atoms with E-state index >= 15 is 0 Å². The van der Waals surface area contributed by atoms with Crippen molar-refractivity contribution < 1.29 is 4.52 Å². The third kappa shape index (κ3) is 3.67. The zero-order chi connectivity index (χ0) is 17.3. The molecule has 0 spiro atoms. The highest BCUT2D eigenvalue weighted by atomic mass is 16.5. The van der Waals surface area contributed by atoms with Crippen molar-refractivity contribution in [3.63, 3.8) is 0 Å². The Morgan fingerprint density at radius 1 is 1.08 bits per heavy atom. The number of anilines is 1. The molecule has 0 N–H and O–H groups in total. The van der Waals surface area contributed by atoms with Crippen LogP contribution in [-0.2, 0) is 0 Å². The lowest BCUT2D eigenvalue weighted by Crippen LogP contribution is -2.35. The van der Waals surface area contributed by atoms with Gasteiger partial charge in [0.05, 0.1) is 5.92 Å². The number of hydrogen-bond acceptors (Lipinski definition) is 6. The normalized spacial score (nSPS) is 24.4. The average Bonchev–Trinajstić information content (AvgIpc) is 3.13. The molecule has 1 unspecified atom stereocenters. The molecule has 2 aromatic heterocycles. The first kappa shape index (κ1) is 16.5. The summed E-state index contributed by atoms with van der Waals surface area (Å²) in [7, 11) is 0. The first-order valence-electron chi connectivity index (χ1n) is 9.46. The molecule has 4 rings (SSSR count). The minimum absolute atomic E-state index is 0.277. The van der Waals surface area contributed by atoms with Crippen LogP contribution in [0, 0.1) is 5.41 Å². The second-order valence-corrected chi connectivity index (χ2v) is 8.26. The number of rotatable bonds is 3. The second-order valence-electron chi connectivity index (χ2n) is 8.26. The maximum atomic E-state index is 5.66. The third-order valence-electron chi connectivity index (χ3n) is 5.77. The van der Waals surface area contributed by atoms with Crippen molar-refractivity contribution in [3.05, 3.63) is 30.2 Å². The lowest BCUT2D eigenvalue weighted by molar-refractivity contribution is 0.218. The topological polar surface area (TPSA) is 67.9 Å². The molecule has 6 heteroatoms. The first-order valence-corrected chi connectivity index (χ1v) is 9.46. The van der Waals surface area contributed by atoms with Crippen molar-refractivity contribution >= 4 is 5.95 Å². The fourth-order valence-corrected chi connectivity index (χ4v) is 4.05. The summed E-state index contributed by atoms with van der Waals surface area (Å²) in [6, 6.07) is 1.85. The van der Waals surface area contributed by atoms with E-state index in [-0.39, 0.29) is 5.92 Å². The van der Waals surface area contributed by atoms with Gasteiger partial charge >= 0.3 is 0 Å². The summed E-state index contributed by atoms with van der Waals surface area (Å²) in [6.45, 7) is 6.54. The van der Waals surface area contributed by atoms with Crippen LogP contribution >= 0.6 is 0 Å². The highest BCUT2D eigenvalue weighted by Crippen LogP contribution is 2.42. The number of aromatic nitrogens is 4. The van der Waals surface area contributed by atoms with Gasteiger partial charge in [-0.25, -0.2) is 9.97 Å². The van der Waals surface area contributed by atoms with E-state index in [9.17, 15) is 0 Å². The molecule has 1 atom stereocenters. The van der Waals surface area contributed by atoms with Gasteiger partial charge in [-0.1, -0.05) is 19.0 Å². The predicted octanol–water partition coefficient (Wildman–Crippen LogP) is 3.93. The Morgan fingerprint density at radius 3 is 2.60 bits per heavy atom. The summed E-state index contributed by atoms with van der Waals surface area (Å²) in [5, 5.41) is 4.32. The Hall–Kier alpha value is -1.98. The van der Waals surface area contributed by atoms with E-state index in [0.717, 1.165) is 43.6 Å². The van der Waals surface area contributed by atoms with Gasteiger partial charge in [0.15, 0.2) is 5.82 Å². The largest absolute Gasteiger partial charge is 0.340 e. The number of nitrogens with zero attached hydrogens (tertiary/aromatic N) is 5. The van der Waals surface area contributed by atoms with Gasteiger partial charge in [0.2, 0.25) is 11.8 Å². The van der Waals surface area contributed by atoms with Crippen LogP contribution in [0.3, 0.4) is 0 Å². The van der Waals surface area contributed by atoms with Gasteiger partial charge in [0.25, 0.3) is 0 Å². The molecule has 1 saturated carbocycles. The van der Waals surface area contributed by atoms with Gasteiger partial charge in [-0.15, -0.1) is 0 Å². The van der Waals surface area contributed by atoms with Crippen molar-refractivity contribution in [2.24, 2.45) is 5.41 Å². The molecule has 2 aliphatic rings. The van der Waals surface area contributed by atoms with E-state index < -0.39 is 0 Å². The fourth-order valence-electron chi connectivity index (χ4n) is 4.05. The standard InChI is InChI=1S/C19H27N5O/c1-19(2)8-6-14(7-9-19)16-22-17(25-23-16)15-5-3-12-24(13-15)18-20-10-4-11-21-18/h4,10-11,14-15H,3,5-9,12-13H2,1-2H3. The van der Waals surface area contributed by atoms with E-state index in [2.05, 4.69) is 33.9 Å². The van der Waals surface area contributed by atoms with Crippen molar-refractivity contribution in [3.8, 4) is 0 Å². The van der Waals surface area contributed by atoms with Gasteiger partial charge in [-0.2, -0.15) is 4.98 Å². The molecule has 1 aliphatic carbocycles. The highest BCUT2D eigenvalue weighted by molar-refractivity contribution is 5.30. The van der Waals surface area contributed by atoms with Crippen molar-refractivity contribution in [2.75, 3.05) is 18.0 Å². The van der Waals surface area contributed by atoms with E-state index in [1.165, 1.54) is 25.7 Å². The minimum Gasteiger partial charge on any atom is -0.340 e. The van der Waals surface area contributed by atoms with Gasteiger partial charge < -0.3 is 9.42 Å². The maximum absolute atomic E-state index is 5.66. The lowest BCUT2D eigenvalue weighted by atomic mass is 9.73. The average molecular weight is 341 g/mol. The summed E-state index contributed by atoms with van der Waals surface area (Å²) >= 11 is 0. The van der Waals surface area contributed by atoms with Crippen LogP contribution < -0.4 is 4.90 Å². The Bertz CT molecular complexity index is 689. The van der Waals surface area contributed by atoms with Crippen LogP contribution in [0.15, 0.2) is 23.0 Å². The molecule has 2 fully saturated rings. The summed E-state index contributed by atoms with van der Waals surface area (Å²) in [4.78, 5) is 15.8. The van der Waals surface area contributed by atoms with Crippen molar-refractivity contribution in [1.29, 1.82) is 0 Å². The zero-order valence-corrected chi connectivity index (χ0v) is 15.2. The van der Waals surface area contributed by atoms with E-state index in [1.807, 2.05) is 6.07 Å². The fraction of sp³-hybridized carbons (Fsp3) is 0.684. The Labute approximate surface area is 149 Å². The summed E-state index contributed by atoms with van der Waals surface area (Å²) in [6.07, 6.45) is 10.6. The zero-order valence-electron chi connectivity index (χ0n) is 15.2. The molecule has 2 aromatic rings. The van der Waals surface area contributed by atoms with Crippen LogP contribution in [0.4, 0.5) is 5.95 Å². The molecule has 3 heterocycles. The van der Waals surface area contributed by atoms with Gasteiger partial charge in [0.1, 0.15) is 0 Å². The van der Waals surface area contributed by atoms with Gasteiger partial charge in [-0.05, 0) is 50.0 Å². The monoisotopic (exact) mass is 341 g/mol. The molecule has 1 saturated heterocycles. The summed E-state index contributed by atoms with van der Waals surface area (Å²) < 4.78 is 5.66. The first-order chi connectivity index (χ1) is 12.1. The Kier molecular flexibility index (Phi) is 4.44. The van der Waals surface area contributed by atoms with Crippen LogP contribution in [-0.4, -0.2) is 33.2 Å². The molecule has 0 bridgehead atoms. The summed E-state index contributed by atoms with van der Waals surface area (Å²) in [5.41, 5.74) is 0.461. The van der Waals surface area contributed by atoms with E-state index in [4.69, 9.17) is 9.51 Å². The van der Waals surface area contributed by atoms with Gasteiger partial charge in [0, 0.05) is 31.4 Å². The smallest absolute Gasteiger partial charge is 0.231 e. The molecule has 0 amide bonds. The van der Waals surface area contributed by atoms with Crippen LogP contribution in [0.1, 0.15) is 75.9 Å². The van der Waals surface area contributed by atoms with E-state index in [0.29, 0.717) is 11.3 Å². The number of hydrogen-bond donors (Lipinski definition) is 0. The van der Waals surface area contributed by atoms with Crippen LogP contribution in [0.5, 0.6) is 0 Å². The second kappa shape index (κ2) is 6.73. The maximum Gasteiger partial charge on any atom is 0.231 e. The molecule has 25 heavy (non-hydrogen) atoms. The molecular weight excluding hydrogens is 314 g/mol. The SMILES string of the molecule is CC1(C)CCC(c2noc(C3CCCN(c4ncccn4)C3)n2)CC1. The highest BCUT2D eigenvalue weighted by Gasteiger charge is 2.32. The Balaban J connectivity index is 1.43. The Morgan fingerprint density at radius 2 is 1.84 bits per heavy atom. The van der Waals surface area contributed by atoms with Crippen molar-refractivity contribution in [1.82, 2.24) is 20.1 Å². The van der Waals surface area contributed by atoms with E-state index in [1.54, 1.807) is 12.4 Å². The molecule has 0 aromatic carbocycles. The number of piperidine rings is 1. The molecule has 6 nitrogen and oxygen atoms in total. The predicted molar refractivity (Wildman–Crippen MR) is 95.5 cm³/mol. The summed E-state index contributed by atoms with van der Waals surface area (Å²) in [5.74, 6) is 3.24. The van der Waals surface area contributed by atoms with Crippen LogP contribution in [0.2, 0.25) is 0 Å². The molecular formula is C19H27N5O.